The Labute approximate surface area is 222 Å². The van der Waals surface area contributed by atoms with Gasteiger partial charge in [-0.05, 0) is 54.0 Å². The van der Waals surface area contributed by atoms with Gasteiger partial charge in [0.05, 0.1) is 0 Å². The van der Waals surface area contributed by atoms with Gasteiger partial charge >= 0.3 is 18.2 Å². The maximum Gasteiger partial charge on any atom is 0.409 e. The second-order valence-electron chi connectivity index (χ2n) is 11.0. The monoisotopic (exact) mass is 534 g/mol. The van der Waals surface area contributed by atoms with E-state index in [4.69, 9.17) is 14.2 Å². The molecule has 1 fully saturated rings. The molecule has 1 aromatic rings. The lowest BCUT2D eigenvalue weighted by atomic mass is 10.0. The van der Waals surface area contributed by atoms with Gasteiger partial charge in [-0.1, -0.05) is 30.3 Å². The number of nitrogens with zero attached hydrogens (tertiary/aromatic N) is 2. The largest absolute Gasteiger partial charge is 0.459 e. The van der Waals surface area contributed by atoms with Crippen molar-refractivity contribution >= 4 is 30.0 Å². The summed E-state index contributed by atoms with van der Waals surface area (Å²) >= 11 is 0. The average Bonchev–Trinajstić information content (AvgIpc) is 2.77. The third-order valence-electron chi connectivity index (χ3n) is 5.22. The zero-order valence-corrected chi connectivity index (χ0v) is 23.1. The summed E-state index contributed by atoms with van der Waals surface area (Å²) in [5.41, 5.74) is -2.74. The maximum absolute atomic E-state index is 13.5. The maximum atomic E-state index is 13.5. The molecule has 12 heteroatoms. The number of rotatable bonds is 7. The molecule has 0 saturated carbocycles. The van der Waals surface area contributed by atoms with Gasteiger partial charge in [0.15, 0.2) is 5.66 Å². The topological polar surface area (TPSA) is 144 Å². The van der Waals surface area contributed by atoms with Crippen molar-refractivity contribution in [2.24, 2.45) is 0 Å². The summed E-state index contributed by atoms with van der Waals surface area (Å²) in [6.07, 6.45) is -1.75. The lowest BCUT2D eigenvalue weighted by Crippen LogP contribution is -2.74. The molecule has 4 amide bonds. The van der Waals surface area contributed by atoms with Crippen LogP contribution in [0, 0.1) is 0 Å². The fourth-order valence-electron chi connectivity index (χ4n) is 3.66. The van der Waals surface area contributed by atoms with Crippen molar-refractivity contribution in [1.29, 1.82) is 0 Å². The van der Waals surface area contributed by atoms with Gasteiger partial charge in [-0.15, -0.1) is 0 Å². The van der Waals surface area contributed by atoms with Crippen LogP contribution < -0.4 is 10.6 Å². The van der Waals surface area contributed by atoms with Gasteiger partial charge in [-0.2, -0.15) is 0 Å². The van der Waals surface area contributed by atoms with Gasteiger partial charge in [-0.25, -0.2) is 9.59 Å². The first kappa shape index (κ1) is 30.4. The smallest absolute Gasteiger partial charge is 0.409 e. The first-order chi connectivity index (χ1) is 17.5. The molecule has 12 nitrogen and oxygen atoms in total. The van der Waals surface area contributed by atoms with Gasteiger partial charge in [0, 0.05) is 13.1 Å². The normalized spacial score (nSPS) is 17.9. The zero-order valence-electron chi connectivity index (χ0n) is 23.1. The van der Waals surface area contributed by atoms with E-state index in [1.54, 1.807) is 65.8 Å². The van der Waals surface area contributed by atoms with E-state index in [1.807, 2.05) is 6.07 Å². The van der Waals surface area contributed by atoms with Crippen molar-refractivity contribution in [2.45, 2.75) is 71.9 Å². The molecule has 1 heterocycles. The van der Waals surface area contributed by atoms with Crippen LogP contribution in [0.25, 0.3) is 0 Å². The number of carbonyl (C=O) groups is 5. The van der Waals surface area contributed by atoms with Crippen LogP contribution in [-0.4, -0.2) is 82.8 Å². The Morgan fingerprint density at radius 1 is 0.921 bits per heavy atom. The summed E-state index contributed by atoms with van der Waals surface area (Å²) in [4.78, 5) is 66.1. The minimum Gasteiger partial charge on any atom is -0.459 e. The summed E-state index contributed by atoms with van der Waals surface area (Å²) in [5.74, 6) is -1.99. The summed E-state index contributed by atoms with van der Waals surface area (Å²) < 4.78 is 15.7. The molecule has 0 radical (unpaired) electrons. The average molecular weight is 535 g/mol. The lowest BCUT2D eigenvalue weighted by Gasteiger charge is -2.47. The third kappa shape index (κ3) is 9.24. The number of nitrogens with one attached hydrogen (secondary N) is 2. The van der Waals surface area contributed by atoms with Crippen molar-refractivity contribution in [1.82, 2.24) is 20.4 Å². The molecule has 210 valence electrons. The van der Waals surface area contributed by atoms with Crippen LogP contribution in [0.5, 0.6) is 0 Å². The van der Waals surface area contributed by atoms with E-state index in [2.05, 4.69) is 10.6 Å². The standard InChI is InChI=1S/C26H38N4O8/c1-24(2,3)37-20(32)16-29-13-14-30(26(7,21(29)33)28-23(35)38-25(4,5)6)19(31)15-27-22(34)36-17-18-11-9-8-10-12-18/h8-12H,13-17H2,1-7H3,(H,27,34)(H,28,35)/t26-/m0/s1. The van der Waals surface area contributed by atoms with Crippen LogP contribution in [0.4, 0.5) is 9.59 Å². The van der Waals surface area contributed by atoms with Gasteiger partial charge in [0.25, 0.3) is 5.91 Å². The van der Waals surface area contributed by atoms with E-state index in [9.17, 15) is 24.0 Å². The van der Waals surface area contributed by atoms with Crippen molar-refractivity contribution in [3.63, 3.8) is 0 Å². The van der Waals surface area contributed by atoms with Gasteiger partial charge in [0.2, 0.25) is 5.91 Å². The summed E-state index contributed by atoms with van der Waals surface area (Å²) in [7, 11) is 0. The molecule has 1 aromatic carbocycles. The second kappa shape index (κ2) is 12.1. The van der Waals surface area contributed by atoms with Crippen LogP contribution in [0.1, 0.15) is 54.0 Å². The zero-order chi connectivity index (χ0) is 28.7. The number of esters is 1. The molecule has 38 heavy (non-hydrogen) atoms. The number of hydrogen-bond acceptors (Lipinski definition) is 8. The molecule has 1 aliphatic heterocycles. The Kier molecular flexibility index (Phi) is 9.71. The molecule has 1 aliphatic rings. The molecule has 1 atom stereocenters. The molecule has 0 aromatic heterocycles. The fourth-order valence-corrected chi connectivity index (χ4v) is 3.66. The van der Waals surface area contributed by atoms with Gasteiger partial charge in [0.1, 0.15) is 30.9 Å². The van der Waals surface area contributed by atoms with Crippen molar-refractivity contribution < 1.29 is 38.2 Å². The van der Waals surface area contributed by atoms with Crippen molar-refractivity contribution in [3.8, 4) is 0 Å². The molecule has 0 spiro atoms. The first-order valence-electron chi connectivity index (χ1n) is 12.3. The molecular weight excluding hydrogens is 496 g/mol. The van der Waals surface area contributed by atoms with E-state index >= 15 is 0 Å². The van der Waals surface area contributed by atoms with Crippen LogP contribution in [0.15, 0.2) is 30.3 Å². The van der Waals surface area contributed by atoms with Crippen LogP contribution in [-0.2, 0) is 35.2 Å². The van der Waals surface area contributed by atoms with E-state index in [1.165, 1.54) is 11.8 Å². The number of benzene rings is 1. The number of piperazine rings is 1. The van der Waals surface area contributed by atoms with Crippen LogP contribution in [0.2, 0.25) is 0 Å². The van der Waals surface area contributed by atoms with Crippen molar-refractivity contribution in [3.05, 3.63) is 35.9 Å². The van der Waals surface area contributed by atoms with E-state index in [-0.39, 0.29) is 26.2 Å². The molecular formula is C26H38N4O8. The first-order valence-corrected chi connectivity index (χ1v) is 12.3. The predicted octanol–water partition coefficient (Wildman–Crippen LogP) is 2.17. The second-order valence-corrected chi connectivity index (χ2v) is 11.0. The predicted molar refractivity (Wildman–Crippen MR) is 137 cm³/mol. The van der Waals surface area contributed by atoms with E-state index in [0.29, 0.717) is 0 Å². The molecule has 2 N–H and O–H groups in total. The number of carbonyl (C=O) groups excluding carboxylic acids is 5. The summed E-state index contributed by atoms with van der Waals surface area (Å²) in [6, 6.07) is 9.01. The SMILES string of the molecule is CC(C)(C)OC(=O)CN1CCN(C(=O)CNC(=O)OCc2ccccc2)[C@](C)(NC(=O)OC(C)(C)C)C1=O. The van der Waals surface area contributed by atoms with Crippen LogP contribution in [0.3, 0.4) is 0 Å². The van der Waals surface area contributed by atoms with Crippen LogP contribution >= 0.6 is 0 Å². The highest BCUT2D eigenvalue weighted by molar-refractivity contribution is 5.96. The van der Waals surface area contributed by atoms with E-state index < -0.39 is 53.4 Å². The van der Waals surface area contributed by atoms with E-state index in [0.717, 1.165) is 10.5 Å². The Balaban J connectivity index is 2.12. The molecule has 0 aliphatic carbocycles. The third-order valence-corrected chi connectivity index (χ3v) is 5.22. The molecule has 0 unspecified atom stereocenters. The lowest BCUT2D eigenvalue weighted by molar-refractivity contribution is -0.168. The molecule has 2 rings (SSSR count). The number of alkyl carbamates (subject to hydrolysis) is 2. The molecule has 1 saturated heterocycles. The van der Waals surface area contributed by atoms with Gasteiger partial charge < -0.3 is 29.3 Å². The highest BCUT2D eigenvalue weighted by atomic mass is 16.6. The minimum atomic E-state index is -1.89. The number of hydrogen-bond donors (Lipinski definition) is 2. The highest BCUT2D eigenvalue weighted by Crippen LogP contribution is 2.22. The summed E-state index contributed by atoms with van der Waals surface area (Å²) in [5, 5.41) is 4.84. The highest BCUT2D eigenvalue weighted by Gasteiger charge is 2.50. The minimum absolute atomic E-state index is 0.00780. The molecule has 0 bridgehead atoms. The van der Waals surface area contributed by atoms with Gasteiger partial charge in [-0.3, -0.25) is 19.7 Å². The Morgan fingerprint density at radius 3 is 2.11 bits per heavy atom. The quantitative estimate of drug-likeness (QED) is 0.400. The summed E-state index contributed by atoms with van der Waals surface area (Å²) in [6.45, 7) is 10.5. The number of ether oxygens (including phenoxy) is 3. The van der Waals surface area contributed by atoms with Crippen molar-refractivity contribution in [2.75, 3.05) is 26.2 Å². The number of amides is 4. The Morgan fingerprint density at radius 2 is 1.53 bits per heavy atom. The Bertz CT molecular complexity index is 1030. The fraction of sp³-hybridized carbons (Fsp3) is 0.577. The Hall–Kier alpha value is -3.83.